The number of fused-ring (bicyclic) bond motifs is 1. The Kier molecular flexibility index (Phi) is 11.4. The number of aromatic nitrogens is 1. The van der Waals surface area contributed by atoms with E-state index in [2.05, 4.69) is 20.9 Å². The average Bonchev–Trinajstić information content (AvgIpc) is 3.29. The van der Waals surface area contributed by atoms with Crippen molar-refractivity contribution in [1.29, 1.82) is 0 Å². The number of aliphatic carboxylic acids is 1. The molecule has 1 heterocycles. The summed E-state index contributed by atoms with van der Waals surface area (Å²) in [5.41, 5.74) is 13.0. The highest BCUT2D eigenvalue weighted by molar-refractivity contribution is 5.95. The molecule has 1 aromatic carbocycles. The van der Waals surface area contributed by atoms with Crippen LogP contribution >= 0.6 is 0 Å². The molecule has 13 heteroatoms. The molecule has 214 valence electrons. The number of hydrogen-bond acceptors (Lipinski definition) is 7. The van der Waals surface area contributed by atoms with Crippen LogP contribution in [0.2, 0.25) is 0 Å². The van der Waals surface area contributed by atoms with Crippen molar-refractivity contribution >= 4 is 40.5 Å². The molecule has 0 spiro atoms. The summed E-state index contributed by atoms with van der Waals surface area (Å²) in [6.45, 7) is 4.68. The topological polar surface area (TPSA) is 230 Å². The summed E-state index contributed by atoms with van der Waals surface area (Å²) in [7, 11) is 0. The van der Waals surface area contributed by atoms with Crippen LogP contribution in [0, 0.1) is 5.92 Å². The smallest absolute Gasteiger partial charge is 0.326 e. The molecule has 0 aliphatic rings. The Morgan fingerprint density at radius 3 is 2.21 bits per heavy atom. The van der Waals surface area contributed by atoms with Crippen LogP contribution in [0.4, 0.5) is 0 Å². The Hall–Kier alpha value is -3.97. The summed E-state index contributed by atoms with van der Waals surface area (Å²) >= 11 is 0. The van der Waals surface area contributed by atoms with E-state index in [-0.39, 0.29) is 19.3 Å². The lowest BCUT2D eigenvalue weighted by molar-refractivity contribution is -0.144. The van der Waals surface area contributed by atoms with E-state index < -0.39 is 65.8 Å². The number of carbonyl (C=O) groups is 5. The Bertz CT molecular complexity index is 1180. The summed E-state index contributed by atoms with van der Waals surface area (Å²) in [5.74, 6) is -4.87. The number of carboxylic acid groups (broad SMARTS) is 1. The first-order chi connectivity index (χ1) is 18.3. The van der Waals surface area contributed by atoms with Crippen LogP contribution in [-0.4, -0.2) is 75.1 Å². The number of carboxylic acids is 1. The van der Waals surface area contributed by atoms with Gasteiger partial charge in [-0.15, -0.1) is 0 Å². The van der Waals surface area contributed by atoms with Gasteiger partial charge in [-0.3, -0.25) is 19.2 Å². The molecule has 13 nitrogen and oxygen atoms in total. The quantitative estimate of drug-likeness (QED) is 0.142. The molecule has 2 rings (SSSR count). The summed E-state index contributed by atoms with van der Waals surface area (Å²) in [6, 6.07) is 2.35. The van der Waals surface area contributed by atoms with E-state index in [0.29, 0.717) is 6.42 Å². The number of rotatable bonds is 15. The first-order valence-corrected chi connectivity index (χ1v) is 12.8. The van der Waals surface area contributed by atoms with Gasteiger partial charge < -0.3 is 42.6 Å². The lowest BCUT2D eigenvalue weighted by Crippen LogP contribution is -2.60. The molecule has 39 heavy (non-hydrogen) atoms. The predicted octanol–water partition coefficient (Wildman–Crippen LogP) is -0.731. The minimum absolute atomic E-state index is 0.153. The number of benzene rings is 1. The van der Waals surface area contributed by atoms with E-state index in [0.717, 1.165) is 16.5 Å². The van der Waals surface area contributed by atoms with Gasteiger partial charge in [0.25, 0.3) is 0 Å². The first-order valence-electron chi connectivity index (χ1n) is 12.8. The van der Waals surface area contributed by atoms with Gasteiger partial charge in [0.1, 0.15) is 18.1 Å². The largest absolute Gasteiger partial charge is 0.480 e. The lowest BCUT2D eigenvalue weighted by Gasteiger charge is -2.27. The van der Waals surface area contributed by atoms with Crippen molar-refractivity contribution in [2.45, 2.75) is 76.7 Å². The van der Waals surface area contributed by atoms with Crippen LogP contribution in [-0.2, 0) is 30.4 Å². The van der Waals surface area contributed by atoms with Gasteiger partial charge in [0.05, 0.1) is 12.1 Å². The molecule has 0 aliphatic heterocycles. The number of aliphatic hydroxyl groups excluding tert-OH is 1. The van der Waals surface area contributed by atoms with Gasteiger partial charge in [-0.05, 0) is 37.3 Å². The second kappa shape index (κ2) is 14.3. The highest BCUT2D eigenvalue weighted by atomic mass is 16.4. The summed E-state index contributed by atoms with van der Waals surface area (Å²) in [5, 5.41) is 27.8. The monoisotopic (exact) mass is 546 g/mol. The van der Waals surface area contributed by atoms with Crippen LogP contribution in [0.5, 0.6) is 0 Å². The number of para-hydroxylation sites is 1. The van der Waals surface area contributed by atoms with Crippen molar-refractivity contribution in [3.05, 3.63) is 36.0 Å². The van der Waals surface area contributed by atoms with Crippen molar-refractivity contribution in [3.63, 3.8) is 0 Å². The minimum atomic E-state index is -1.49. The van der Waals surface area contributed by atoms with Crippen LogP contribution in [0.15, 0.2) is 30.5 Å². The third-order valence-electron chi connectivity index (χ3n) is 6.60. The molecule has 6 atom stereocenters. The fourth-order valence-corrected chi connectivity index (χ4v) is 4.05. The van der Waals surface area contributed by atoms with Crippen molar-refractivity contribution < 1.29 is 34.2 Å². The zero-order valence-electron chi connectivity index (χ0n) is 22.3. The van der Waals surface area contributed by atoms with Gasteiger partial charge in [-0.2, -0.15) is 0 Å². The van der Waals surface area contributed by atoms with E-state index in [4.69, 9.17) is 11.5 Å². The molecular weight excluding hydrogens is 508 g/mol. The van der Waals surface area contributed by atoms with Crippen molar-refractivity contribution in [2.75, 3.05) is 0 Å². The van der Waals surface area contributed by atoms with Crippen LogP contribution in [0.3, 0.4) is 0 Å². The maximum atomic E-state index is 13.1. The molecule has 0 saturated carbocycles. The second-order valence-corrected chi connectivity index (χ2v) is 9.67. The Morgan fingerprint density at radius 1 is 0.974 bits per heavy atom. The molecule has 0 saturated heterocycles. The van der Waals surface area contributed by atoms with Crippen LogP contribution in [0.25, 0.3) is 10.9 Å². The average molecular weight is 547 g/mol. The van der Waals surface area contributed by atoms with E-state index in [1.54, 1.807) is 20.0 Å². The number of nitrogens with one attached hydrogen (secondary N) is 4. The third kappa shape index (κ3) is 8.79. The zero-order valence-corrected chi connectivity index (χ0v) is 22.3. The first kappa shape index (κ1) is 31.2. The van der Waals surface area contributed by atoms with Gasteiger partial charge in [0.15, 0.2) is 0 Å². The Labute approximate surface area is 226 Å². The molecular formula is C26H38N6O7. The highest BCUT2D eigenvalue weighted by Crippen LogP contribution is 2.19. The van der Waals surface area contributed by atoms with Gasteiger partial charge in [-0.1, -0.05) is 38.5 Å². The van der Waals surface area contributed by atoms with E-state index in [1.807, 2.05) is 24.3 Å². The summed E-state index contributed by atoms with van der Waals surface area (Å²) < 4.78 is 0. The van der Waals surface area contributed by atoms with Crippen molar-refractivity contribution in [1.82, 2.24) is 20.9 Å². The predicted molar refractivity (Wildman–Crippen MR) is 143 cm³/mol. The number of nitrogens with two attached hydrogens (primary N) is 2. The zero-order chi connectivity index (χ0) is 29.3. The molecule has 0 fully saturated rings. The standard InChI is InChI=1S/C26H38N6O7/c1-4-13(2)21(26(38)39)31-24(36)19(9-10-20(28)34)30-25(37)22(14(3)33)32-23(35)17(27)11-15-12-29-18-8-6-5-7-16(15)18/h5-8,12-14,17,19,21-22,29,33H,4,9-11,27H2,1-3H3,(H2,28,34)(H,30,37)(H,31,36)(H,32,35)(H,38,39). The molecule has 4 amide bonds. The normalized spacial score (nSPS) is 15.8. The second-order valence-electron chi connectivity index (χ2n) is 9.67. The maximum absolute atomic E-state index is 13.1. The molecule has 0 aliphatic carbocycles. The molecule has 2 aromatic rings. The molecule has 1 aromatic heterocycles. The highest BCUT2D eigenvalue weighted by Gasteiger charge is 2.33. The Morgan fingerprint density at radius 2 is 1.62 bits per heavy atom. The van der Waals surface area contributed by atoms with Crippen LogP contribution in [0.1, 0.15) is 45.6 Å². The Balaban J connectivity index is 2.13. The summed E-state index contributed by atoms with van der Waals surface area (Å²) in [4.78, 5) is 64.9. The number of carbonyl (C=O) groups excluding carboxylic acids is 4. The number of aliphatic hydroxyl groups is 1. The van der Waals surface area contributed by atoms with Crippen molar-refractivity contribution in [3.8, 4) is 0 Å². The number of hydrogen-bond donors (Lipinski definition) is 8. The van der Waals surface area contributed by atoms with Gasteiger partial charge >= 0.3 is 5.97 Å². The van der Waals surface area contributed by atoms with Gasteiger partial charge in [0.2, 0.25) is 23.6 Å². The molecule has 0 bridgehead atoms. The maximum Gasteiger partial charge on any atom is 0.326 e. The van der Waals surface area contributed by atoms with Crippen LogP contribution < -0.4 is 27.4 Å². The summed E-state index contributed by atoms with van der Waals surface area (Å²) in [6.07, 6.45) is 0.481. The van der Waals surface area contributed by atoms with Gasteiger partial charge in [0, 0.05) is 23.5 Å². The molecule has 10 N–H and O–H groups in total. The number of amides is 4. The van der Waals surface area contributed by atoms with Crippen molar-refractivity contribution in [2.24, 2.45) is 17.4 Å². The van der Waals surface area contributed by atoms with E-state index >= 15 is 0 Å². The SMILES string of the molecule is CCC(C)C(NC(=O)C(CCC(N)=O)NC(=O)C(NC(=O)C(N)Cc1c[nH]c2ccccc12)C(C)O)C(=O)O. The van der Waals surface area contributed by atoms with Gasteiger partial charge in [-0.25, -0.2) is 4.79 Å². The number of primary amides is 1. The third-order valence-corrected chi connectivity index (χ3v) is 6.60. The number of H-pyrrole nitrogens is 1. The lowest BCUT2D eigenvalue weighted by atomic mass is 9.98. The molecule has 6 unspecified atom stereocenters. The fraction of sp³-hybridized carbons (Fsp3) is 0.500. The fourth-order valence-electron chi connectivity index (χ4n) is 4.05. The van der Waals surface area contributed by atoms with E-state index in [9.17, 15) is 34.2 Å². The minimum Gasteiger partial charge on any atom is -0.480 e. The number of aromatic amines is 1. The van der Waals surface area contributed by atoms with E-state index in [1.165, 1.54) is 6.92 Å². The molecule has 0 radical (unpaired) electrons.